The van der Waals surface area contributed by atoms with Gasteiger partial charge in [-0.15, -0.1) is 0 Å². The van der Waals surface area contributed by atoms with Crippen LogP contribution in [-0.2, 0) is 12.8 Å². The van der Waals surface area contributed by atoms with Gasteiger partial charge in [-0.05, 0) is 57.1 Å². The summed E-state index contributed by atoms with van der Waals surface area (Å²) in [7, 11) is 1.71. The van der Waals surface area contributed by atoms with E-state index in [0.717, 1.165) is 37.0 Å². The summed E-state index contributed by atoms with van der Waals surface area (Å²) in [6.45, 7) is 4.45. The lowest BCUT2D eigenvalue weighted by molar-refractivity contribution is 0.400. The molecule has 0 radical (unpaired) electrons. The van der Waals surface area contributed by atoms with Gasteiger partial charge in [0.15, 0.2) is 0 Å². The molecule has 0 aliphatic heterocycles. The van der Waals surface area contributed by atoms with Gasteiger partial charge >= 0.3 is 0 Å². The Morgan fingerprint density at radius 1 is 1.21 bits per heavy atom. The fourth-order valence-corrected chi connectivity index (χ4v) is 2.82. The average molecular weight is 260 g/mol. The van der Waals surface area contributed by atoms with Crippen molar-refractivity contribution in [3.8, 4) is 11.5 Å². The van der Waals surface area contributed by atoms with Crippen LogP contribution in [0.15, 0.2) is 23.8 Å². The van der Waals surface area contributed by atoms with Crippen molar-refractivity contribution in [2.24, 2.45) is 5.92 Å². The lowest BCUT2D eigenvalue weighted by atomic mass is 9.89. The molecule has 0 saturated carbocycles. The van der Waals surface area contributed by atoms with Gasteiger partial charge in [0.1, 0.15) is 11.5 Å². The number of benzene rings is 1. The Bertz CT molecular complexity index is 474. The van der Waals surface area contributed by atoms with Crippen molar-refractivity contribution in [2.45, 2.75) is 46.0 Å². The van der Waals surface area contributed by atoms with Gasteiger partial charge in [0.2, 0.25) is 0 Å². The Hall–Kier alpha value is -1.44. The Labute approximate surface area is 116 Å². The third-order valence-electron chi connectivity index (χ3n) is 4.08. The van der Waals surface area contributed by atoms with Crippen LogP contribution in [0.2, 0.25) is 0 Å². The first-order valence-corrected chi connectivity index (χ1v) is 7.15. The van der Waals surface area contributed by atoms with Crippen LogP contribution in [0, 0.1) is 5.92 Å². The number of hydrogen-bond acceptors (Lipinski definition) is 2. The van der Waals surface area contributed by atoms with Crippen molar-refractivity contribution < 1.29 is 9.84 Å². The summed E-state index contributed by atoms with van der Waals surface area (Å²) in [6, 6.07) is 3.63. The molecule has 19 heavy (non-hydrogen) atoms. The molecule has 0 heterocycles. The number of allylic oxidation sites excluding steroid dienone is 2. The molecule has 1 aromatic carbocycles. The van der Waals surface area contributed by atoms with E-state index in [1.54, 1.807) is 13.2 Å². The Morgan fingerprint density at radius 3 is 2.74 bits per heavy atom. The largest absolute Gasteiger partial charge is 0.508 e. The lowest BCUT2D eigenvalue weighted by Crippen LogP contribution is -2.05. The number of phenolic OH excluding ortho intramolecular Hbond substituents is 1. The van der Waals surface area contributed by atoms with Gasteiger partial charge < -0.3 is 9.84 Å². The average Bonchev–Trinajstić information content (AvgIpc) is 2.39. The number of ether oxygens (including phenoxy) is 1. The van der Waals surface area contributed by atoms with Gasteiger partial charge in [0, 0.05) is 11.1 Å². The Balaban J connectivity index is 2.45. The Morgan fingerprint density at radius 2 is 2.00 bits per heavy atom. The minimum Gasteiger partial charge on any atom is -0.508 e. The van der Waals surface area contributed by atoms with E-state index in [-0.39, 0.29) is 0 Å². The zero-order valence-corrected chi connectivity index (χ0v) is 12.2. The van der Waals surface area contributed by atoms with Crippen LogP contribution in [0.3, 0.4) is 0 Å². The van der Waals surface area contributed by atoms with Crippen molar-refractivity contribution in [3.63, 3.8) is 0 Å². The van der Waals surface area contributed by atoms with Crippen molar-refractivity contribution in [1.29, 1.82) is 0 Å². The molecule has 2 rings (SSSR count). The first kappa shape index (κ1) is 14.0. The zero-order chi connectivity index (χ0) is 13.8. The van der Waals surface area contributed by atoms with E-state index in [9.17, 15) is 5.11 Å². The SMILES string of the molecule is COc1ccc(O)c2c1CCC(C)CC/C=C(/C)C2. The maximum Gasteiger partial charge on any atom is 0.122 e. The minimum absolute atomic E-state index is 0.400. The van der Waals surface area contributed by atoms with Gasteiger partial charge in [-0.3, -0.25) is 0 Å². The molecule has 0 amide bonds. The van der Waals surface area contributed by atoms with E-state index in [1.807, 2.05) is 6.07 Å². The second-order valence-electron chi connectivity index (χ2n) is 5.69. The predicted molar refractivity (Wildman–Crippen MR) is 78.8 cm³/mol. The molecule has 0 saturated heterocycles. The molecule has 0 fully saturated rings. The number of aromatic hydroxyl groups is 1. The molecule has 0 spiro atoms. The third-order valence-corrected chi connectivity index (χ3v) is 4.08. The van der Waals surface area contributed by atoms with E-state index < -0.39 is 0 Å². The van der Waals surface area contributed by atoms with Gasteiger partial charge in [-0.2, -0.15) is 0 Å². The molecule has 104 valence electrons. The summed E-state index contributed by atoms with van der Waals surface area (Å²) in [4.78, 5) is 0. The second kappa shape index (κ2) is 6.14. The summed E-state index contributed by atoms with van der Waals surface area (Å²) in [6.07, 6.45) is 7.67. The van der Waals surface area contributed by atoms with Gasteiger partial charge in [-0.1, -0.05) is 18.6 Å². The first-order chi connectivity index (χ1) is 9.11. The standard InChI is InChI=1S/C17H24O2/c1-12-5-4-6-13(2)11-15-14(8-7-12)17(19-3)10-9-16(15)18/h6,9-10,12,18H,4-5,7-8,11H2,1-3H3/b13-6-. The fourth-order valence-electron chi connectivity index (χ4n) is 2.82. The van der Waals surface area contributed by atoms with Crippen LogP contribution < -0.4 is 4.74 Å². The highest BCUT2D eigenvalue weighted by Crippen LogP contribution is 2.34. The molecule has 2 heteroatoms. The van der Waals surface area contributed by atoms with Crippen molar-refractivity contribution in [2.75, 3.05) is 7.11 Å². The number of methoxy groups -OCH3 is 1. The highest BCUT2D eigenvalue weighted by atomic mass is 16.5. The van der Waals surface area contributed by atoms with Crippen molar-refractivity contribution in [1.82, 2.24) is 0 Å². The minimum atomic E-state index is 0.400. The molecule has 1 N–H and O–H groups in total. The van der Waals surface area contributed by atoms with E-state index in [4.69, 9.17) is 4.74 Å². The van der Waals surface area contributed by atoms with E-state index >= 15 is 0 Å². The predicted octanol–water partition coefficient (Wildman–Crippen LogP) is 4.25. The maximum atomic E-state index is 10.2. The van der Waals surface area contributed by atoms with E-state index in [0.29, 0.717) is 11.7 Å². The summed E-state index contributed by atoms with van der Waals surface area (Å²) >= 11 is 0. The molecule has 1 aliphatic rings. The van der Waals surface area contributed by atoms with E-state index in [1.165, 1.54) is 17.6 Å². The quantitative estimate of drug-likeness (QED) is 0.765. The monoisotopic (exact) mass is 260 g/mol. The highest BCUT2D eigenvalue weighted by molar-refractivity contribution is 5.49. The van der Waals surface area contributed by atoms with Gasteiger partial charge in [-0.25, -0.2) is 0 Å². The van der Waals surface area contributed by atoms with Crippen molar-refractivity contribution >= 4 is 0 Å². The molecular weight excluding hydrogens is 236 g/mol. The molecule has 0 aromatic heterocycles. The van der Waals surface area contributed by atoms with Crippen LogP contribution in [0.25, 0.3) is 0 Å². The normalized spacial score (nSPS) is 23.1. The Kier molecular flexibility index (Phi) is 4.52. The second-order valence-corrected chi connectivity index (χ2v) is 5.69. The lowest BCUT2D eigenvalue weighted by Gasteiger charge is -2.19. The van der Waals surface area contributed by atoms with Crippen LogP contribution >= 0.6 is 0 Å². The number of phenols is 1. The molecule has 1 unspecified atom stereocenters. The molecule has 1 atom stereocenters. The summed E-state index contributed by atoms with van der Waals surface area (Å²) < 4.78 is 5.48. The highest BCUT2D eigenvalue weighted by Gasteiger charge is 2.16. The van der Waals surface area contributed by atoms with Gasteiger partial charge in [0.25, 0.3) is 0 Å². The maximum absolute atomic E-state index is 10.2. The topological polar surface area (TPSA) is 29.5 Å². The first-order valence-electron chi connectivity index (χ1n) is 7.15. The molecular formula is C17H24O2. The number of fused-ring (bicyclic) bond motifs is 1. The molecule has 2 nitrogen and oxygen atoms in total. The zero-order valence-electron chi connectivity index (χ0n) is 12.2. The summed E-state index contributed by atoms with van der Waals surface area (Å²) in [5.74, 6) is 2.02. The van der Waals surface area contributed by atoms with E-state index in [2.05, 4.69) is 19.9 Å². The molecule has 0 bridgehead atoms. The van der Waals surface area contributed by atoms with Crippen molar-refractivity contribution in [3.05, 3.63) is 34.9 Å². The van der Waals surface area contributed by atoms with Crippen LogP contribution in [0.4, 0.5) is 0 Å². The van der Waals surface area contributed by atoms with Crippen LogP contribution in [-0.4, -0.2) is 12.2 Å². The van der Waals surface area contributed by atoms with Crippen LogP contribution in [0.1, 0.15) is 44.2 Å². The number of hydrogen-bond donors (Lipinski definition) is 1. The molecule has 1 aromatic rings. The van der Waals surface area contributed by atoms with Gasteiger partial charge in [0.05, 0.1) is 7.11 Å². The number of rotatable bonds is 1. The molecule has 1 aliphatic carbocycles. The summed E-state index contributed by atoms with van der Waals surface area (Å²) in [5, 5.41) is 10.2. The fraction of sp³-hybridized carbons (Fsp3) is 0.529. The smallest absolute Gasteiger partial charge is 0.122 e. The summed E-state index contributed by atoms with van der Waals surface area (Å²) in [5.41, 5.74) is 3.56. The van der Waals surface area contributed by atoms with Crippen LogP contribution in [0.5, 0.6) is 11.5 Å². The third kappa shape index (κ3) is 3.31.